The molecule has 1 amide bonds. The number of amidine groups is 1. The van der Waals surface area contributed by atoms with Gasteiger partial charge in [-0.1, -0.05) is 30.3 Å². The molecule has 160 valence electrons. The van der Waals surface area contributed by atoms with Crippen LogP contribution in [0.15, 0.2) is 82.7 Å². The van der Waals surface area contributed by atoms with Gasteiger partial charge in [0.05, 0.1) is 9.83 Å². The second kappa shape index (κ2) is 9.44. The van der Waals surface area contributed by atoms with E-state index in [0.717, 1.165) is 17.3 Å². The van der Waals surface area contributed by atoms with Crippen LogP contribution in [0.2, 0.25) is 0 Å². The second-order valence-corrected chi connectivity index (χ2v) is 7.71. The molecule has 0 radical (unpaired) electrons. The predicted octanol–water partition coefficient (Wildman–Crippen LogP) is 5.20. The number of nitro groups is 1. The van der Waals surface area contributed by atoms with Crippen molar-refractivity contribution in [3.8, 4) is 5.75 Å². The lowest BCUT2D eigenvalue weighted by Gasteiger charge is -2.09. The van der Waals surface area contributed by atoms with Gasteiger partial charge < -0.3 is 10.1 Å². The van der Waals surface area contributed by atoms with Crippen LogP contribution in [0, 0.1) is 15.9 Å². The van der Waals surface area contributed by atoms with Gasteiger partial charge >= 0.3 is 0 Å². The summed E-state index contributed by atoms with van der Waals surface area (Å²) in [7, 11) is 0. The van der Waals surface area contributed by atoms with Gasteiger partial charge in [0, 0.05) is 17.7 Å². The van der Waals surface area contributed by atoms with Crippen LogP contribution in [0.25, 0.3) is 6.08 Å². The first kappa shape index (κ1) is 21.3. The van der Waals surface area contributed by atoms with E-state index < -0.39 is 10.7 Å². The van der Waals surface area contributed by atoms with E-state index in [1.54, 1.807) is 48.5 Å². The van der Waals surface area contributed by atoms with Gasteiger partial charge in [-0.2, -0.15) is 0 Å². The Bertz CT molecular complexity index is 1240. The molecular weight excluding hydrogens is 433 g/mol. The minimum atomic E-state index is -0.475. The molecule has 3 aromatic rings. The van der Waals surface area contributed by atoms with Gasteiger partial charge in [-0.05, 0) is 53.7 Å². The summed E-state index contributed by atoms with van der Waals surface area (Å²) in [6.45, 7) is 0.206. The largest absolute Gasteiger partial charge is 0.488 e. The van der Waals surface area contributed by atoms with Gasteiger partial charge in [0.2, 0.25) is 0 Å². The highest BCUT2D eigenvalue weighted by molar-refractivity contribution is 8.18. The maximum absolute atomic E-state index is 13.8. The van der Waals surface area contributed by atoms with Gasteiger partial charge in [-0.15, -0.1) is 0 Å². The van der Waals surface area contributed by atoms with Crippen LogP contribution in [0.4, 0.5) is 15.8 Å². The molecule has 1 heterocycles. The summed E-state index contributed by atoms with van der Waals surface area (Å²) in [4.78, 5) is 27.3. The highest BCUT2D eigenvalue weighted by Crippen LogP contribution is 2.31. The fourth-order valence-electron chi connectivity index (χ4n) is 2.88. The van der Waals surface area contributed by atoms with Crippen molar-refractivity contribution in [2.45, 2.75) is 6.61 Å². The number of nitrogens with zero attached hydrogens (tertiary/aromatic N) is 2. The van der Waals surface area contributed by atoms with Crippen LogP contribution >= 0.6 is 11.8 Å². The number of hydrogen-bond acceptors (Lipinski definition) is 6. The average Bonchev–Trinajstić information content (AvgIpc) is 3.13. The number of carbonyl (C=O) groups is 1. The Labute approximate surface area is 186 Å². The Morgan fingerprint density at radius 2 is 1.78 bits per heavy atom. The third kappa shape index (κ3) is 5.01. The molecule has 1 fully saturated rings. The summed E-state index contributed by atoms with van der Waals surface area (Å²) in [5.41, 5.74) is 1.60. The molecular formula is C23H16FN3O4S. The summed E-state index contributed by atoms with van der Waals surface area (Å²) in [6.07, 6.45) is 1.68. The first-order valence-electron chi connectivity index (χ1n) is 9.49. The number of rotatable bonds is 6. The zero-order chi connectivity index (χ0) is 22.5. The summed E-state index contributed by atoms with van der Waals surface area (Å²) in [6, 6.07) is 19.4. The first-order valence-corrected chi connectivity index (χ1v) is 10.3. The average molecular weight is 449 g/mol. The molecule has 0 bridgehead atoms. The van der Waals surface area contributed by atoms with Crippen LogP contribution in [-0.4, -0.2) is 16.0 Å². The number of carbonyl (C=O) groups excluding carboxylic acids is 1. The number of benzene rings is 3. The third-order valence-electron chi connectivity index (χ3n) is 4.47. The van der Waals surface area contributed by atoms with Gasteiger partial charge in [-0.25, -0.2) is 9.38 Å². The Morgan fingerprint density at radius 1 is 1.06 bits per heavy atom. The van der Waals surface area contributed by atoms with Gasteiger partial charge in [0.15, 0.2) is 5.17 Å². The van der Waals surface area contributed by atoms with E-state index in [1.807, 2.05) is 6.07 Å². The molecule has 1 aliphatic rings. The number of thioether (sulfide) groups is 1. The van der Waals surface area contributed by atoms with Crippen molar-refractivity contribution in [1.29, 1.82) is 0 Å². The van der Waals surface area contributed by atoms with Crippen molar-refractivity contribution in [3.63, 3.8) is 0 Å². The molecule has 0 saturated carbocycles. The van der Waals surface area contributed by atoms with Crippen molar-refractivity contribution in [3.05, 3.63) is 105 Å². The lowest BCUT2D eigenvalue weighted by molar-refractivity contribution is -0.384. The van der Waals surface area contributed by atoms with E-state index in [0.29, 0.717) is 16.2 Å². The monoisotopic (exact) mass is 449 g/mol. The van der Waals surface area contributed by atoms with Crippen molar-refractivity contribution >= 4 is 40.3 Å². The molecule has 9 heteroatoms. The van der Waals surface area contributed by atoms with E-state index in [9.17, 15) is 19.3 Å². The maximum Gasteiger partial charge on any atom is 0.269 e. The number of non-ortho nitro benzene ring substituents is 1. The van der Waals surface area contributed by atoms with Crippen LogP contribution in [0.3, 0.4) is 0 Å². The maximum atomic E-state index is 13.8. The fraction of sp³-hybridized carbons (Fsp3) is 0.0435. The predicted molar refractivity (Wildman–Crippen MR) is 121 cm³/mol. The summed E-state index contributed by atoms with van der Waals surface area (Å²) in [5.74, 6) is -0.265. The Morgan fingerprint density at radius 3 is 2.53 bits per heavy atom. The summed E-state index contributed by atoms with van der Waals surface area (Å²) in [5, 5.41) is 13.7. The van der Waals surface area contributed by atoms with Crippen molar-refractivity contribution in [2.75, 3.05) is 0 Å². The van der Waals surface area contributed by atoms with Gasteiger partial charge in [0.25, 0.3) is 11.6 Å². The number of para-hydroxylation sites is 2. The zero-order valence-electron chi connectivity index (χ0n) is 16.5. The molecule has 3 aromatic carbocycles. The second-order valence-electron chi connectivity index (χ2n) is 6.68. The van der Waals surface area contributed by atoms with E-state index in [2.05, 4.69) is 10.3 Å². The standard InChI is InChI=1S/C23H16FN3O4S/c24-18-6-2-3-7-19(18)25-23-26-22(28)21(32-23)13-16-5-1-4-8-20(16)31-14-15-9-11-17(12-10-15)27(29)30/h1-13H,14H2,(H,25,26,28)/b21-13-. The number of aliphatic imine (C=N–C) groups is 1. The minimum Gasteiger partial charge on any atom is -0.488 e. The molecule has 0 spiro atoms. The molecule has 32 heavy (non-hydrogen) atoms. The molecule has 1 N–H and O–H groups in total. The highest BCUT2D eigenvalue weighted by Gasteiger charge is 2.24. The molecule has 1 aliphatic heterocycles. The Balaban J connectivity index is 1.50. The number of hydrogen-bond donors (Lipinski definition) is 1. The van der Waals surface area contributed by atoms with Crippen LogP contribution in [0.1, 0.15) is 11.1 Å². The molecule has 0 atom stereocenters. The fourth-order valence-corrected chi connectivity index (χ4v) is 3.71. The van der Waals surface area contributed by atoms with Crippen LogP contribution in [0.5, 0.6) is 5.75 Å². The van der Waals surface area contributed by atoms with Crippen molar-refractivity contribution in [2.24, 2.45) is 4.99 Å². The van der Waals surface area contributed by atoms with Gasteiger partial charge in [0.1, 0.15) is 23.9 Å². The number of nitro benzene ring substituents is 1. The Hall–Kier alpha value is -3.98. The number of ether oxygens (including phenoxy) is 1. The quantitative estimate of drug-likeness (QED) is 0.317. The van der Waals surface area contributed by atoms with Crippen molar-refractivity contribution < 1.29 is 18.8 Å². The van der Waals surface area contributed by atoms with E-state index in [4.69, 9.17) is 4.74 Å². The van der Waals surface area contributed by atoms with Crippen molar-refractivity contribution in [1.82, 2.24) is 5.32 Å². The minimum absolute atomic E-state index is 0.0102. The molecule has 4 rings (SSSR count). The van der Waals surface area contributed by atoms with E-state index >= 15 is 0 Å². The van der Waals surface area contributed by atoms with E-state index in [-0.39, 0.29) is 29.1 Å². The molecule has 0 unspecified atom stereocenters. The Kier molecular flexibility index (Phi) is 6.27. The lowest BCUT2D eigenvalue weighted by Crippen LogP contribution is -2.19. The smallest absolute Gasteiger partial charge is 0.269 e. The van der Waals surface area contributed by atoms with Gasteiger partial charge in [-0.3, -0.25) is 14.9 Å². The topological polar surface area (TPSA) is 93.8 Å². The summed E-state index contributed by atoms with van der Waals surface area (Å²) >= 11 is 1.11. The van der Waals surface area contributed by atoms with E-state index in [1.165, 1.54) is 24.3 Å². The normalized spacial score (nSPS) is 15.7. The van der Waals surface area contributed by atoms with Crippen LogP contribution < -0.4 is 10.1 Å². The molecule has 7 nitrogen and oxygen atoms in total. The zero-order valence-corrected chi connectivity index (χ0v) is 17.3. The molecule has 0 aromatic heterocycles. The highest BCUT2D eigenvalue weighted by atomic mass is 32.2. The number of nitrogens with one attached hydrogen (secondary N) is 1. The lowest BCUT2D eigenvalue weighted by atomic mass is 10.1. The first-order chi connectivity index (χ1) is 15.5. The third-order valence-corrected chi connectivity index (χ3v) is 5.38. The van der Waals surface area contributed by atoms with Crippen LogP contribution in [-0.2, 0) is 11.4 Å². The number of halogens is 1. The molecule has 0 aliphatic carbocycles. The SMILES string of the molecule is O=C1NC(=Nc2ccccc2F)S/C1=C\c1ccccc1OCc1ccc([N+](=O)[O-])cc1. The number of amides is 1. The summed E-state index contributed by atoms with van der Waals surface area (Å²) < 4.78 is 19.7. The molecule has 1 saturated heterocycles.